The average Bonchev–Trinajstić information content (AvgIpc) is 2.35. The predicted octanol–water partition coefficient (Wildman–Crippen LogP) is 2.34. The molecule has 1 amide bonds. The van der Waals surface area contributed by atoms with E-state index in [0.717, 1.165) is 16.9 Å². The van der Waals surface area contributed by atoms with Crippen molar-refractivity contribution in [2.45, 2.75) is 45.8 Å². The van der Waals surface area contributed by atoms with Gasteiger partial charge in [-0.05, 0) is 50.5 Å². The highest BCUT2D eigenvalue weighted by Gasteiger charge is 2.12. The quantitative estimate of drug-likeness (QED) is 0.830. The van der Waals surface area contributed by atoms with Crippen LogP contribution in [0.25, 0.3) is 0 Å². The highest BCUT2D eigenvalue weighted by atomic mass is 16.5. The highest BCUT2D eigenvalue weighted by molar-refractivity contribution is 5.76. The summed E-state index contributed by atoms with van der Waals surface area (Å²) < 4.78 is 5.18. The molecule has 0 heterocycles. The zero-order valence-electron chi connectivity index (χ0n) is 12.1. The number of carbonyl (C=O) groups is 1. The number of nitrogens with one attached hydrogen (secondary N) is 1. The molecule has 0 aliphatic carbocycles. The van der Waals surface area contributed by atoms with Crippen molar-refractivity contribution in [2.75, 3.05) is 7.11 Å². The molecule has 0 aromatic heterocycles. The Morgan fingerprint density at radius 3 is 2.63 bits per heavy atom. The molecule has 0 aliphatic rings. The molecule has 1 unspecified atom stereocenters. The first-order valence-corrected chi connectivity index (χ1v) is 6.56. The third kappa shape index (κ3) is 4.91. The summed E-state index contributed by atoms with van der Waals surface area (Å²) in [4.78, 5) is 11.5. The van der Waals surface area contributed by atoms with Crippen molar-refractivity contribution in [3.05, 3.63) is 29.3 Å². The molecule has 0 spiro atoms. The lowest BCUT2D eigenvalue weighted by atomic mass is 10.0. The summed E-state index contributed by atoms with van der Waals surface area (Å²) in [7, 11) is 1.62. The third-order valence-corrected chi connectivity index (χ3v) is 2.90. The Balaban J connectivity index is 2.56. The van der Waals surface area contributed by atoms with Gasteiger partial charge in [-0.1, -0.05) is 6.07 Å². The van der Waals surface area contributed by atoms with Crippen molar-refractivity contribution in [1.29, 1.82) is 0 Å². The van der Waals surface area contributed by atoms with Crippen molar-refractivity contribution >= 4 is 5.91 Å². The number of aliphatic hydroxyl groups is 1. The van der Waals surface area contributed by atoms with Crippen molar-refractivity contribution < 1.29 is 14.6 Å². The lowest BCUT2D eigenvalue weighted by molar-refractivity contribution is -0.122. The lowest BCUT2D eigenvalue weighted by Crippen LogP contribution is -2.30. The summed E-state index contributed by atoms with van der Waals surface area (Å²) in [5.41, 5.74) is 1.79. The molecule has 0 saturated heterocycles. The highest BCUT2D eigenvalue weighted by Crippen LogP contribution is 2.24. The molecule has 4 nitrogen and oxygen atoms in total. The van der Waals surface area contributed by atoms with Crippen molar-refractivity contribution in [3.63, 3.8) is 0 Å². The number of aryl methyl sites for hydroxylation is 1. The molecule has 19 heavy (non-hydrogen) atoms. The molecule has 0 radical (unpaired) electrons. The molecule has 1 atom stereocenters. The number of amides is 1. The van der Waals surface area contributed by atoms with E-state index in [1.165, 1.54) is 0 Å². The molecular weight excluding hydrogens is 242 g/mol. The van der Waals surface area contributed by atoms with E-state index in [9.17, 15) is 9.90 Å². The van der Waals surface area contributed by atoms with Gasteiger partial charge in [0.25, 0.3) is 0 Å². The van der Waals surface area contributed by atoms with Gasteiger partial charge in [0.2, 0.25) is 5.91 Å². The average molecular weight is 265 g/mol. The Bertz CT molecular complexity index is 429. The van der Waals surface area contributed by atoms with E-state index in [-0.39, 0.29) is 11.9 Å². The molecule has 0 fully saturated rings. The van der Waals surface area contributed by atoms with Crippen LogP contribution < -0.4 is 10.1 Å². The number of carbonyl (C=O) groups excluding carboxylic acids is 1. The molecule has 0 saturated carbocycles. The van der Waals surface area contributed by atoms with Crippen LogP contribution in [-0.4, -0.2) is 24.2 Å². The van der Waals surface area contributed by atoms with Gasteiger partial charge >= 0.3 is 0 Å². The summed E-state index contributed by atoms with van der Waals surface area (Å²) in [6, 6.07) is 5.69. The predicted molar refractivity (Wildman–Crippen MR) is 75.2 cm³/mol. The molecule has 1 rings (SSSR count). The number of methoxy groups -OCH3 is 1. The van der Waals surface area contributed by atoms with E-state index in [1.807, 2.05) is 39.0 Å². The second-order valence-corrected chi connectivity index (χ2v) is 5.01. The number of hydrogen-bond acceptors (Lipinski definition) is 3. The van der Waals surface area contributed by atoms with E-state index >= 15 is 0 Å². The minimum absolute atomic E-state index is 0.0284. The summed E-state index contributed by atoms with van der Waals surface area (Å²) in [5.74, 6) is 0.771. The van der Waals surface area contributed by atoms with Gasteiger partial charge in [0, 0.05) is 12.5 Å². The molecular formula is C15H23NO3. The van der Waals surface area contributed by atoms with Gasteiger partial charge in [-0.3, -0.25) is 4.79 Å². The molecule has 0 bridgehead atoms. The van der Waals surface area contributed by atoms with E-state index in [0.29, 0.717) is 12.8 Å². The SMILES string of the molecule is COc1ccc(C(O)CCC(=O)NC(C)C)cc1C. The fraction of sp³-hybridized carbons (Fsp3) is 0.533. The summed E-state index contributed by atoms with van der Waals surface area (Å²) in [6.45, 7) is 5.77. The molecule has 106 valence electrons. The smallest absolute Gasteiger partial charge is 0.220 e. The number of benzene rings is 1. The van der Waals surface area contributed by atoms with Gasteiger partial charge in [-0.25, -0.2) is 0 Å². The van der Waals surface area contributed by atoms with Gasteiger partial charge in [0.1, 0.15) is 5.75 Å². The van der Waals surface area contributed by atoms with Crippen LogP contribution in [-0.2, 0) is 4.79 Å². The minimum Gasteiger partial charge on any atom is -0.496 e. The van der Waals surface area contributed by atoms with Crippen LogP contribution in [0, 0.1) is 6.92 Å². The van der Waals surface area contributed by atoms with E-state index < -0.39 is 6.10 Å². The Labute approximate surface area is 114 Å². The third-order valence-electron chi connectivity index (χ3n) is 2.90. The maximum atomic E-state index is 11.5. The maximum absolute atomic E-state index is 11.5. The number of aliphatic hydroxyl groups excluding tert-OH is 1. The van der Waals surface area contributed by atoms with Crippen LogP contribution in [0.1, 0.15) is 43.9 Å². The number of hydrogen-bond donors (Lipinski definition) is 2. The van der Waals surface area contributed by atoms with Gasteiger partial charge in [0.05, 0.1) is 13.2 Å². The van der Waals surface area contributed by atoms with E-state index in [1.54, 1.807) is 7.11 Å². The number of rotatable bonds is 6. The van der Waals surface area contributed by atoms with Crippen molar-refractivity contribution in [2.24, 2.45) is 0 Å². The fourth-order valence-electron chi connectivity index (χ4n) is 1.94. The summed E-state index contributed by atoms with van der Waals surface area (Å²) in [6.07, 6.45) is 0.122. The second kappa shape index (κ2) is 7.14. The van der Waals surface area contributed by atoms with E-state index in [4.69, 9.17) is 4.74 Å². The first kappa shape index (κ1) is 15.5. The van der Waals surface area contributed by atoms with Crippen molar-refractivity contribution in [1.82, 2.24) is 5.32 Å². The second-order valence-electron chi connectivity index (χ2n) is 5.01. The molecule has 0 aliphatic heterocycles. The summed E-state index contributed by atoms with van der Waals surface area (Å²) in [5, 5.41) is 12.9. The Kier molecular flexibility index (Phi) is 5.83. The molecule has 4 heteroatoms. The van der Waals surface area contributed by atoms with Crippen LogP contribution in [0.2, 0.25) is 0 Å². The minimum atomic E-state index is -0.623. The molecule has 1 aromatic rings. The van der Waals surface area contributed by atoms with Crippen LogP contribution in [0.5, 0.6) is 5.75 Å². The largest absolute Gasteiger partial charge is 0.496 e. The van der Waals surface area contributed by atoms with Gasteiger partial charge in [-0.15, -0.1) is 0 Å². The van der Waals surface area contributed by atoms with Crippen LogP contribution in [0.15, 0.2) is 18.2 Å². The Morgan fingerprint density at radius 2 is 2.11 bits per heavy atom. The first-order valence-electron chi connectivity index (χ1n) is 6.56. The zero-order valence-corrected chi connectivity index (χ0v) is 12.1. The van der Waals surface area contributed by atoms with Gasteiger partial charge in [-0.2, -0.15) is 0 Å². The Morgan fingerprint density at radius 1 is 1.42 bits per heavy atom. The number of ether oxygens (including phenoxy) is 1. The maximum Gasteiger partial charge on any atom is 0.220 e. The molecule has 1 aromatic carbocycles. The van der Waals surface area contributed by atoms with Gasteiger partial charge in [0.15, 0.2) is 0 Å². The standard InChI is InChI=1S/C15H23NO3/c1-10(2)16-15(18)8-6-13(17)12-5-7-14(19-4)11(3)9-12/h5,7,9-10,13,17H,6,8H2,1-4H3,(H,16,18). The Hall–Kier alpha value is -1.55. The monoisotopic (exact) mass is 265 g/mol. The van der Waals surface area contributed by atoms with Crippen LogP contribution in [0.4, 0.5) is 0 Å². The fourth-order valence-corrected chi connectivity index (χ4v) is 1.94. The van der Waals surface area contributed by atoms with Crippen molar-refractivity contribution in [3.8, 4) is 5.75 Å². The topological polar surface area (TPSA) is 58.6 Å². The van der Waals surface area contributed by atoms with Gasteiger partial charge < -0.3 is 15.2 Å². The zero-order chi connectivity index (χ0) is 14.4. The normalized spacial score (nSPS) is 12.3. The lowest BCUT2D eigenvalue weighted by Gasteiger charge is -2.14. The molecule has 2 N–H and O–H groups in total. The van der Waals surface area contributed by atoms with Crippen LogP contribution in [0.3, 0.4) is 0 Å². The summed E-state index contributed by atoms with van der Waals surface area (Å²) >= 11 is 0. The van der Waals surface area contributed by atoms with E-state index in [2.05, 4.69) is 5.32 Å². The van der Waals surface area contributed by atoms with Crippen LogP contribution >= 0.6 is 0 Å². The first-order chi connectivity index (χ1) is 8.93.